The predicted molar refractivity (Wildman–Crippen MR) is 130 cm³/mol. The third-order valence-electron chi connectivity index (χ3n) is 4.95. The first-order valence-corrected chi connectivity index (χ1v) is 11.8. The first-order valence-electron chi connectivity index (χ1n) is 10.9. The maximum atomic E-state index is 14.0. The van der Waals surface area contributed by atoms with Gasteiger partial charge in [0.2, 0.25) is 11.7 Å². The molecule has 0 aliphatic heterocycles. The van der Waals surface area contributed by atoms with Crippen LogP contribution in [0.4, 0.5) is 4.39 Å². The lowest BCUT2D eigenvalue weighted by Gasteiger charge is -2.15. The zero-order valence-electron chi connectivity index (χ0n) is 19.7. The van der Waals surface area contributed by atoms with Gasteiger partial charge in [-0.05, 0) is 30.3 Å². The molecular formula is C25H25FN2O7S. The molecule has 0 saturated carbocycles. The molecule has 0 fully saturated rings. The second-order valence-electron chi connectivity index (χ2n) is 7.64. The van der Waals surface area contributed by atoms with Gasteiger partial charge in [-0.25, -0.2) is 9.37 Å². The minimum Gasteiger partial charge on any atom is -0.493 e. The number of Topliss-reactive ketones (excluding diaryl/α,β-unsaturated/α-hetero) is 1. The number of rotatable bonds is 13. The number of hydrogen-bond donors (Lipinski definition) is 2. The number of thiazole rings is 1. The summed E-state index contributed by atoms with van der Waals surface area (Å²) in [7, 11) is 2.97. The molecule has 2 N–H and O–H groups in total. The molecule has 0 aliphatic rings. The van der Waals surface area contributed by atoms with Crippen LogP contribution in [0.2, 0.25) is 0 Å². The maximum absolute atomic E-state index is 14.0. The topological polar surface area (TPSA) is 124 Å². The lowest BCUT2D eigenvalue weighted by atomic mass is 10.1. The summed E-state index contributed by atoms with van der Waals surface area (Å²) in [5.74, 6) is -0.595. The number of carboxylic acids is 1. The summed E-state index contributed by atoms with van der Waals surface area (Å²) in [6.45, 7) is 0.0311. The highest BCUT2D eigenvalue weighted by atomic mass is 32.1. The van der Waals surface area contributed by atoms with E-state index in [1.165, 1.54) is 43.8 Å². The van der Waals surface area contributed by atoms with Crippen LogP contribution < -0.4 is 19.5 Å². The number of hydrogen-bond acceptors (Lipinski definition) is 8. The average molecular weight is 517 g/mol. The zero-order chi connectivity index (χ0) is 26.1. The van der Waals surface area contributed by atoms with Crippen LogP contribution in [-0.4, -0.2) is 48.5 Å². The number of halogens is 1. The molecule has 0 saturated heterocycles. The smallest absolute Gasteiger partial charge is 0.305 e. The fraction of sp³-hybridized carbons (Fsp3) is 0.280. The maximum Gasteiger partial charge on any atom is 0.305 e. The summed E-state index contributed by atoms with van der Waals surface area (Å²) in [6, 6.07) is 9.03. The van der Waals surface area contributed by atoms with E-state index < -0.39 is 11.8 Å². The Balaban J connectivity index is 1.65. The van der Waals surface area contributed by atoms with Gasteiger partial charge in [0.25, 0.3) is 0 Å². The van der Waals surface area contributed by atoms with Crippen LogP contribution in [0.3, 0.4) is 0 Å². The zero-order valence-corrected chi connectivity index (χ0v) is 20.5. The van der Waals surface area contributed by atoms with E-state index in [2.05, 4.69) is 10.3 Å². The number of nitrogens with zero attached hydrogens (tertiary/aromatic N) is 1. The van der Waals surface area contributed by atoms with Crippen molar-refractivity contribution in [2.45, 2.75) is 25.7 Å². The lowest BCUT2D eigenvalue weighted by molar-refractivity contribution is -0.137. The number of methoxy groups -OCH3 is 2. The van der Waals surface area contributed by atoms with Crippen molar-refractivity contribution < 1.29 is 38.1 Å². The van der Waals surface area contributed by atoms with E-state index >= 15 is 0 Å². The Morgan fingerprint density at radius 1 is 1.03 bits per heavy atom. The second kappa shape index (κ2) is 12.6. The van der Waals surface area contributed by atoms with Crippen molar-refractivity contribution in [1.82, 2.24) is 10.3 Å². The predicted octanol–water partition coefficient (Wildman–Crippen LogP) is 3.58. The molecule has 2 aromatic carbocycles. The van der Waals surface area contributed by atoms with Crippen LogP contribution in [0.25, 0.3) is 0 Å². The number of carbonyl (C=O) groups is 3. The number of carbonyl (C=O) groups excluding carboxylic acids is 2. The van der Waals surface area contributed by atoms with Crippen molar-refractivity contribution in [2.75, 3.05) is 20.8 Å². The van der Waals surface area contributed by atoms with Gasteiger partial charge in [-0.3, -0.25) is 14.4 Å². The van der Waals surface area contributed by atoms with Gasteiger partial charge in [0.15, 0.2) is 11.5 Å². The van der Waals surface area contributed by atoms with E-state index in [-0.39, 0.29) is 43.9 Å². The fourth-order valence-electron chi connectivity index (χ4n) is 3.33. The highest BCUT2D eigenvalue weighted by Crippen LogP contribution is 2.40. The van der Waals surface area contributed by atoms with Crippen LogP contribution in [0.5, 0.6) is 23.0 Å². The van der Waals surface area contributed by atoms with Crippen LogP contribution >= 0.6 is 11.3 Å². The van der Waals surface area contributed by atoms with Gasteiger partial charge in [-0.1, -0.05) is 6.07 Å². The van der Waals surface area contributed by atoms with Crippen molar-refractivity contribution in [3.05, 3.63) is 63.9 Å². The number of benzene rings is 2. The number of amides is 1. The summed E-state index contributed by atoms with van der Waals surface area (Å²) in [5, 5.41) is 13.3. The molecule has 1 amide bonds. The molecule has 9 nitrogen and oxygen atoms in total. The highest BCUT2D eigenvalue weighted by molar-refractivity contribution is 7.09. The Bertz CT molecular complexity index is 1240. The first kappa shape index (κ1) is 26.6. The molecule has 3 aromatic rings. The van der Waals surface area contributed by atoms with Crippen molar-refractivity contribution in [1.29, 1.82) is 0 Å². The van der Waals surface area contributed by atoms with Crippen LogP contribution in [0, 0.1) is 5.82 Å². The minimum atomic E-state index is -1.00. The molecule has 1 aromatic heterocycles. The summed E-state index contributed by atoms with van der Waals surface area (Å²) in [4.78, 5) is 39.5. The van der Waals surface area contributed by atoms with E-state index in [1.807, 2.05) is 0 Å². The Hall–Kier alpha value is -3.99. The monoisotopic (exact) mass is 516 g/mol. The second-order valence-corrected chi connectivity index (χ2v) is 8.58. The number of para-hydroxylation sites is 1. The molecule has 0 radical (unpaired) electrons. The van der Waals surface area contributed by atoms with E-state index in [4.69, 9.17) is 19.3 Å². The first-order chi connectivity index (χ1) is 17.3. The normalized spacial score (nSPS) is 10.5. The van der Waals surface area contributed by atoms with Gasteiger partial charge in [-0.15, -0.1) is 11.3 Å². The van der Waals surface area contributed by atoms with Gasteiger partial charge in [0.05, 0.1) is 39.2 Å². The Kier molecular flexibility index (Phi) is 9.34. The summed E-state index contributed by atoms with van der Waals surface area (Å²) in [6.07, 6.45) is -0.277. The number of aliphatic carboxylic acids is 1. The third kappa shape index (κ3) is 7.51. The number of aromatic nitrogens is 1. The third-order valence-corrected chi connectivity index (χ3v) is 5.84. The Labute approximate surface area is 210 Å². The molecule has 0 bridgehead atoms. The molecule has 1 heterocycles. The van der Waals surface area contributed by atoms with Gasteiger partial charge in [0, 0.05) is 23.9 Å². The molecule has 0 spiro atoms. The van der Waals surface area contributed by atoms with Gasteiger partial charge in [0.1, 0.15) is 22.4 Å². The van der Waals surface area contributed by atoms with Crippen molar-refractivity contribution in [2.24, 2.45) is 0 Å². The number of carboxylic acid groups (broad SMARTS) is 1. The van der Waals surface area contributed by atoms with E-state index in [0.29, 0.717) is 39.3 Å². The largest absolute Gasteiger partial charge is 0.493 e. The van der Waals surface area contributed by atoms with Crippen LogP contribution in [0.1, 0.15) is 22.7 Å². The summed E-state index contributed by atoms with van der Waals surface area (Å²) < 4.78 is 30.6. The lowest BCUT2D eigenvalue weighted by Crippen LogP contribution is -2.27. The molecule has 0 unspecified atom stereocenters. The van der Waals surface area contributed by atoms with Gasteiger partial charge in [-0.2, -0.15) is 0 Å². The number of ketones is 1. The highest BCUT2D eigenvalue weighted by Gasteiger charge is 2.17. The quantitative estimate of drug-likeness (QED) is 0.353. The fourth-order valence-corrected chi connectivity index (χ4v) is 4.16. The standard InChI is InChI=1S/C25H25FN2O7S/c1-33-20-4-3-5-21(25(20)34-2)35-19-7-6-16(26)10-15(19)11-18(29)13-23-28-17(14-36-23)12-22(30)27-9-8-24(31)32/h3-7,10,14H,8-9,11-13H2,1-2H3,(H,27,30)(H,31,32). The summed E-state index contributed by atoms with van der Waals surface area (Å²) in [5.41, 5.74) is 0.843. The van der Waals surface area contributed by atoms with E-state index in [1.54, 1.807) is 23.6 Å². The van der Waals surface area contributed by atoms with Crippen molar-refractivity contribution in [3.63, 3.8) is 0 Å². The Morgan fingerprint density at radius 2 is 1.81 bits per heavy atom. The molecular weight excluding hydrogens is 491 g/mol. The average Bonchev–Trinajstić information content (AvgIpc) is 3.26. The number of ether oxygens (including phenoxy) is 3. The molecule has 3 rings (SSSR count). The van der Waals surface area contributed by atoms with E-state index in [9.17, 15) is 18.8 Å². The van der Waals surface area contributed by atoms with E-state index in [0.717, 1.165) is 0 Å². The molecule has 0 atom stereocenters. The molecule has 11 heteroatoms. The van der Waals surface area contributed by atoms with Gasteiger partial charge >= 0.3 is 5.97 Å². The number of nitrogens with one attached hydrogen (secondary N) is 1. The van der Waals surface area contributed by atoms with Crippen LogP contribution in [0.15, 0.2) is 41.8 Å². The molecule has 190 valence electrons. The Morgan fingerprint density at radius 3 is 2.53 bits per heavy atom. The molecule has 36 heavy (non-hydrogen) atoms. The van der Waals surface area contributed by atoms with Crippen molar-refractivity contribution in [3.8, 4) is 23.0 Å². The van der Waals surface area contributed by atoms with Crippen molar-refractivity contribution >= 4 is 29.0 Å². The van der Waals surface area contributed by atoms with Gasteiger partial charge < -0.3 is 24.6 Å². The van der Waals surface area contributed by atoms with Crippen LogP contribution in [-0.2, 0) is 33.6 Å². The SMILES string of the molecule is COc1cccc(Oc2ccc(F)cc2CC(=O)Cc2nc(CC(=O)NCCC(=O)O)cs2)c1OC. The summed E-state index contributed by atoms with van der Waals surface area (Å²) >= 11 is 1.24. The minimum absolute atomic E-state index is 0.00370. The molecule has 0 aliphatic carbocycles.